The number of benzene rings is 1. The summed E-state index contributed by atoms with van der Waals surface area (Å²) in [6.45, 7) is 7.65. The fourth-order valence-corrected chi connectivity index (χ4v) is 4.26. The third-order valence-electron chi connectivity index (χ3n) is 5.79. The molecule has 1 unspecified atom stereocenters. The highest BCUT2D eigenvalue weighted by atomic mass is 19.4. The number of H-pyrrole nitrogens is 1. The molecular formula is C24H29F4N3O. The molecule has 174 valence electrons. The molecule has 32 heavy (non-hydrogen) atoms. The summed E-state index contributed by atoms with van der Waals surface area (Å²) in [5.41, 5.74) is -2.18. The maximum Gasteiger partial charge on any atom is 0.417 e. The first kappa shape index (κ1) is 24.0. The van der Waals surface area contributed by atoms with Gasteiger partial charge in [-0.2, -0.15) is 13.2 Å². The first-order chi connectivity index (χ1) is 14.8. The molecule has 2 aromatic heterocycles. The van der Waals surface area contributed by atoms with E-state index in [1.165, 1.54) is 18.2 Å². The Hall–Kier alpha value is -2.61. The highest BCUT2D eigenvalue weighted by molar-refractivity contribution is 5.82. The van der Waals surface area contributed by atoms with Gasteiger partial charge < -0.3 is 15.4 Å². The first-order valence-electron chi connectivity index (χ1n) is 10.6. The standard InChI is InChI=1S/C24H29F4N3O/c1-5-8-29-21-10-16-9-18(31-20(16)13-30-21)12-23(32,24(26,27)28)14-22(3,4)19-11-17(25)7-6-15(19)2/h6-7,9-11,13,31-32H,5,8,12,14H2,1-4H3,(H,29,30). The summed E-state index contributed by atoms with van der Waals surface area (Å²) < 4.78 is 56.2. The maximum atomic E-state index is 14.1. The van der Waals surface area contributed by atoms with E-state index >= 15 is 0 Å². The molecule has 4 nitrogen and oxygen atoms in total. The molecule has 3 N–H and O–H groups in total. The van der Waals surface area contributed by atoms with Gasteiger partial charge >= 0.3 is 6.18 Å². The molecule has 0 aliphatic carbocycles. The number of pyridine rings is 1. The summed E-state index contributed by atoms with van der Waals surface area (Å²) >= 11 is 0. The average Bonchev–Trinajstić information content (AvgIpc) is 3.07. The third-order valence-corrected chi connectivity index (χ3v) is 5.79. The van der Waals surface area contributed by atoms with Crippen molar-refractivity contribution in [2.75, 3.05) is 11.9 Å². The van der Waals surface area contributed by atoms with E-state index in [0.29, 0.717) is 27.8 Å². The maximum absolute atomic E-state index is 14.1. The Morgan fingerprint density at radius 3 is 2.50 bits per heavy atom. The summed E-state index contributed by atoms with van der Waals surface area (Å²) in [6, 6.07) is 7.41. The summed E-state index contributed by atoms with van der Waals surface area (Å²) in [4.78, 5) is 7.20. The number of hydrogen-bond acceptors (Lipinski definition) is 3. The number of nitrogens with zero attached hydrogens (tertiary/aromatic N) is 1. The lowest BCUT2D eigenvalue weighted by Gasteiger charge is -2.38. The van der Waals surface area contributed by atoms with Crippen LogP contribution < -0.4 is 5.32 Å². The second-order valence-corrected chi connectivity index (χ2v) is 9.10. The largest absolute Gasteiger partial charge is 0.417 e. The van der Waals surface area contributed by atoms with Crippen molar-refractivity contribution in [1.29, 1.82) is 0 Å². The van der Waals surface area contributed by atoms with Crippen LogP contribution in [-0.2, 0) is 11.8 Å². The number of hydrogen-bond donors (Lipinski definition) is 3. The van der Waals surface area contributed by atoms with E-state index < -0.39 is 35.9 Å². The zero-order valence-corrected chi connectivity index (χ0v) is 18.7. The van der Waals surface area contributed by atoms with Crippen LogP contribution in [0.4, 0.5) is 23.4 Å². The molecule has 0 spiro atoms. The van der Waals surface area contributed by atoms with E-state index in [9.17, 15) is 22.7 Å². The molecule has 2 heterocycles. The molecule has 0 aliphatic rings. The van der Waals surface area contributed by atoms with Crippen LogP contribution in [0, 0.1) is 12.7 Å². The van der Waals surface area contributed by atoms with Gasteiger partial charge in [0.05, 0.1) is 11.7 Å². The molecule has 0 amide bonds. The van der Waals surface area contributed by atoms with Crippen LogP contribution in [0.25, 0.3) is 10.9 Å². The van der Waals surface area contributed by atoms with Gasteiger partial charge in [-0.3, -0.25) is 0 Å². The molecule has 0 bridgehead atoms. The molecule has 8 heteroatoms. The summed E-state index contributed by atoms with van der Waals surface area (Å²) in [5, 5.41) is 14.7. The van der Waals surface area contributed by atoms with E-state index in [-0.39, 0.29) is 5.69 Å². The van der Waals surface area contributed by atoms with Crippen molar-refractivity contribution < 1.29 is 22.7 Å². The van der Waals surface area contributed by atoms with Gasteiger partial charge in [0, 0.05) is 24.0 Å². The molecule has 0 saturated carbocycles. The molecule has 1 aromatic carbocycles. The van der Waals surface area contributed by atoms with E-state index in [1.54, 1.807) is 39.1 Å². The Labute approximate surface area is 185 Å². The summed E-state index contributed by atoms with van der Waals surface area (Å²) in [7, 11) is 0. The van der Waals surface area contributed by atoms with Crippen molar-refractivity contribution in [2.24, 2.45) is 0 Å². The Balaban J connectivity index is 1.93. The molecular weight excluding hydrogens is 422 g/mol. The minimum absolute atomic E-state index is 0.251. The van der Waals surface area contributed by atoms with Crippen LogP contribution in [-0.4, -0.2) is 33.4 Å². The lowest BCUT2D eigenvalue weighted by atomic mass is 9.72. The van der Waals surface area contributed by atoms with Crippen molar-refractivity contribution in [2.45, 2.75) is 64.1 Å². The van der Waals surface area contributed by atoms with Gasteiger partial charge in [0.15, 0.2) is 5.60 Å². The van der Waals surface area contributed by atoms with Crippen molar-refractivity contribution in [3.63, 3.8) is 0 Å². The zero-order valence-electron chi connectivity index (χ0n) is 18.7. The number of aromatic nitrogens is 2. The van der Waals surface area contributed by atoms with Gasteiger partial charge in [0.2, 0.25) is 0 Å². The first-order valence-corrected chi connectivity index (χ1v) is 10.6. The van der Waals surface area contributed by atoms with Crippen molar-refractivity contribution in [3.8, 4) is 0 Å². The predicted octanol–water partition coefficient (Wildman–Crippen LogP) is 6.04. The minimum atomic E-state index is -4.88. The van der Waals surface area contributed by atoms with Gasteiger partial charge in [0.25, 0.3) is 0 Å². The predicted molar refractivity (Wildman–Crippen MR) is 118 cm³/mol. The number of anilines is 1. The van der Waals surface area contributed by atoms with Crippen molar-refractivity contribution in [3.05, 3.63) is 59.2 Å². The van der Waals surface area contributed by atoms with Crippen LogP contribution in [0.2, 0.25) is 0 Å². The minimum Gasteiger partial charge on any atom is -0.380 e. The van der Waals surface area contributed by atoms with Crippen LogP contribution in [0.5, 0.6) is 0 Å². The monoisotopic (exact) mass is 451 g/mol. The SMILES string of the molecule is CCCNc1cc2cc(CC(O)(CC(C)(C)c3cc(F)ccc3C)C(F)(F)F)[nH]c2cn1. The van der Waals surface area contributed by atoms with Crippen molar-refractivity contribution in [1.82, 2.24) is 9.97 Å². The lowest BCUT2D eigenvalue weighted by Crippen LogP contribution is -2.51. The Kier molecular flexibility index (Phi) is 6.56. The number of aryl methyl sites for hydroxylation is 1. The molecule has 0 aliphatic heterocycles. The van der Waals surface area contributed by atoms with Crippen LogP contribution in [0.15, 0.2) is 36.5 Å². The number of halogens is 4. The van der Waals surface area contributed by atoms with Gasteiger partial charge in [-0.1, -0.05) is 26.8 Å². The Morgan fingerprint density at radius 2 is 1.84 bits per heavy atom. The number of aromatic amines is 1. The van der Waals surface area contributed by atoms with Crippen LogP contribution >= 0.6 is 0 Å². The highest BCUT2D eigenvalue weighted by Gasteiger charge is 2.56. The van der Waals surface area contributed by atoms with Gasteiger partial charge in [-0.05, 0) is 60.6 Å². The van der Waals surface area contributed by atoms with E-state index in [4.69, 9.17) is 0 Å². The van der Waals surface area contributed by atoms with Gasteiger partial charge in [-0.25, -0.2) is 9.37 Å². The smallest absolute Gasteiger partial charge is 0.380 e. The number of fused-ring (bicyclic) bond motifs is 1. The van der Waals surface area contributed by atoms with Crippen LogP contribution in [0.3, 0.4) is 0 Å². The fraction of sp³-hybridized carbons (Fsp3) is 0.458. The third kappa shape index (κ3) is 5.06. The molecule has 0 radical (unpaired) electrons. The van der Waals surface area contributed by atoms with E-state index in [0.717, 1.165) is 13.0 Å². The van der Waals surface area contributed by atoms with E-state index in [1.807, 2.05) is 6.92 Å². The second-order valence-electron chi connectivity index (χ2n) is 9.10. The lowest BCUT2D eigenvalue weighted by molar-refractivity contribution is -0.266. The van der Waals surface area contributed by atoms with Crippen LogP contribution in [0.1, 0.15) is 50.4 Å². The topological polar surface area (TPSA) is 60.9 Å². The number of nitrogens with one attached hydrogen (secondary N) is 2. The zero-order chi connectivity index (χ0) is 23.7. The summed E-state index contributed by atoms with van der Waals surface area (Å²) in [6.07, 6.45) is -3.68. The quantitative estimate of drug-likeness (QED) is 0.366. The van der Waals surface area contributed by atoms with Crippen molar-refractivity contribution >= 4 is 16.7 Å². The number of alkyl halides is 3. The molecule has 1 atom stereocenters. The normalized spacial score (nSPS) is 14.5. The van der Waals surface area contributed by atoms with Gasteiger partial charge in [0.1, 0.15) is 11.6 Å². The second kappa shape index (κ2) is 8.73. The Bertz CT molecular complexity index is 1090. The molecule has 3 rings (SSSR count). The average molecular weight is 452 g/mol. The molecule has 0 fully saturated rings. The summed E-state index contributed by atoms with van der Waals surface area (Å²) in [5.74, 6) is 0.114. The van der Waals surface area contributed by atoms with E-state index in [2.05, 4.69) is 15.3 Å². The Morgan fingerprint density at radius 1 is 1.12 bits per heavy atom. The number of rotatable bonds is 8. The highest BCUT2D eigenvalue weighted by Crippen LogP contribution is 2.44. The van der Waals surface area contributed by atoms with Gasteiger partial charge in [-0.15, -0.1) is 0 Å². The molecule has 0 saturated heterocycles. The molecule has 3 aromatic rings. The fourth-order valence-electron chi connectivity index (χ4n) is 4.26. The number of aliphatic hydroxyl groups is 1.